The van der Waals surface area contributed by atoms with Crippen LogP contribution in [0.3, 0.4) is 0 Å². The van der Waals surface area contributed by atoms with E-state index < -0.39 is 28.9 Å². The number of carbonyl (C=O) groups excluding carboxylic acids is 1. The van der Waals surface area contributed by atoms with Crippen molar-refractivity contribution in [3.05, 3.63) is 0 Å². The van der Waals surface area contributed by atoms with Crippen molar-refractivity contribution in [2.24, 2.45) is 5.92 Å². The van der Waals surface area contributed by atoms with Gasteiger partial charge in [0.15, 0.2) is 5.54 Å². The first-order valence-corrected chi connectivity index (χ1v) is 5.08. The molecule has 2 fully saturated rings. The predicted octanol–water partition coefficient (Wildman–Crippen LogP) is 1.33. The van der Waals surface area contributed by atoms with Crippen LogP contribution in [0.5, 0.6) is 0 Å². The molecule has 0 amide bonds. The molecule has 2 atom stereocenters. The number of rotatable bonds is 1. The van der Waals surface area contributed by atoms with E-state index in [1.54, 1.807) is 20.8 Å². The number of esters is 1. The Morgan fingerprint density at radius 2 is 2.07 bits per heavy atom. The first-order valence-electron chi connectivity index (χ1n) is 5.08. The van der Waals surface area contributed by atoms with Crippen molar-refractivity contribution in [2.45, 2.75) is 44.3 Å². The molecule has 1 saturated carbocycles. The molecule has 86 valence electrons. The summed E-state index contributed by atoms with van der Waals surface area (Å²) in [4.78, 5) is 11.7. The highest BCUT2D eigenvalue weighted by Gasteiger charge is 2.87. The zero-order chi connectivity index (χ0) is 11.5. The highest BCUT2D eigenvalue weighted by molar-refractivity contribution is 5.89. The summed E-state index contributed by atoms with van der Waals surface area (Å²) in [5.74, 6) is -4.63. The molecule has 2 rings (SSSR count). The van der Waals surface area contributed by atoms with Crippen LogP contribution in [-0.2, 0) is 9.53 Å². The van der Waals surface area contributed by atoms with Gasteiger partial charge in [0.05, 0.1) is 5.92 Å². The van der Waals surface area contributed by atoms with Gasteiger partial charge >= 0.3 is 5.97 Å². The Balaban J connectivity index is 2.15. The average Bonchev–Trinajstić information content (AvgIpc) is 2.44. The summed E-state index contributed by atoms with van der Waals surface area (Å²) in [7, 11) is 0. The van der Waals surface area contributed by atoms with Gasteiger partial charge in [-0.3, -0.25) is 5.32 Å². The van der Waals surface area contributed by atoms with E-state index in [0.717, 1.165) is 0 Å². The molecule has 1 heterocycles. The first-order chi connectivity index (χ1) is 6.72. The lowest BCUT2D eigenvalue weighted by Gasteiger charge is -2.23. The number of ether oxygens (including phenoxy) is 1. The van der Waals surface area contributed by atoms with Gasteiger partial charge < -0.3 is 4.74 Å². The van der Waals surface area contributed by atoms with Crippen LogP contribution in [0.15, 0.2) is 0 Å². The smallest absolute Gasteiger partial charge is 0.333 e. The third-order valence-electron chi connectivity index (χ3n) is 2.96. The van der Waals surface area contributed by atoms with Crippen molar-refractivity contribution in [3.63, 3.8) is 0 Å². The summed E-state index contributed by atoms with van der Waals surface area (Å²) < 4.78 is 31.7. The molecule has 2 unspecified atom stereocenters. The summed E-state index contributed by atoms with van der Waals surface area (Å²) in [5.41, 5.74) is -2.44. The second kappa shape index (κ2) is 2.70. The van der Waals surface area contributed by atoms with Crippen LogP contribution in [0.25, 0.3) is 0 Å². The third kappa shape index (κ3) is 1.29. The van der Waals surface area contributed by atoms with Gasteiger partial charge in [0, 0.05) is 0 Å². The molecule has 0 radical (unpaired) electrons. The highest BCUT2D eigenvalue weighted by Crippen LogP contribution is 2.63. The van der Waals surface area contributed by atoms with E-state index >= 15 is 0 Å². The molecule has 1 aliphatic heterocycles. The van der Waals surface area contributed by atoms with E-state index in [0.29, 0.717) is 13.0 Å². The van der Waals surface area contributed by atoms with Gasteiger partial charge in [-0.15, -0.1) is 0 Å². The van der Waals surface area contributed by atoms with Gasteiger partial charge in [0.2, 0.25) is 0 Å². The Morgan fingerprint density at radius 3 is 2.47 bits per heavy atom. The molecule has 0 aromatic carbocycles. The Labute approximate surface area is 87.2 Å². The number of nitrogens with one attached hydrogen (secondary N) is 1. The summed E-state index contributed by atoms with van der Waals surface area (Å²) in [6, 6.07) is 0. The lowest BCUT2D eigenvalue weighted by Crippen LogP contribution is -2.46. The Bertz CT molecular complexity index is 311. The molecule has 15 heavy (non-hydrogen) atoms. The van der Waals surface area contributed by atoms with Crippen LogP contribution in [0.1, 0.15) is 27.2 Å². The van der Waals surface area contributed by atoms with E-state index in [1.807, 2.05) is 0 Å². The summed E-state index contributed by atoms with van der Waals surface area (Å²) in [6.45, 7) is 5.48. The zero-order valence-corrected chi connectivity index (χ0v) is 9.06. The van der Waals surface area contributed by atoms with Crippen LogP contribution in [0, 0.1) is 5.92 Å². The molecular weight excluding hydrogens is 204 g/mol. The van der Waals surface area contributed by atoms with E-state index in [9.17, 15) is 13.6 Å². The maximum absolute atomic E-state index is 13.4. The Kier molecular flexibility index (Phi) is 1.94. The van der Waals surface area contributed by atoms with Crippen LogP contribution < -0.4 is 5.32 Å². The van der Waals surface area contributed by atoms with E-state index in [-0.39, 0.29) is 0 Å². The van der Waals surface area contributed by atoms with Crippen molar-refractivity contribution in [3.8, 4) is 0 Å². The highest BCUT2D eigenvalue weighted by atomic mass is 19.3. The van der Waals surface area contributed by atoms with Crippen molar-refractivity contribution < 1.29 is 18.3 Å². The Morgan fingerprint density at radius 1 is 1.47 bits per heavy atom. The van der Waals surface area contributed by atoms with Crippen molar-refractivity contribution in [1.82, 2.24) is 5.32 Å². The lowest BCUT2D eigenvalue weighted by atomic mass is 10.1. The first kappa shape index (κ1) is 10.8. The normalized spacial score (nSPS) is 37.3. The fraction of sp³-hybridized carbons (Fsp3) is 0.900. The molecule has 1 N–H and O–H groups in total. The number of hydrogen-bond donors (Lipinski definition) is 1. The minimum atomic E-state index is -2.94. The molecule has 0 spiro atoms. The maximum Gasteiger partial charge on any atom is 0.333 e. The van der Waals surface area contributed by atoms with Gasteiger partial charge in [0.1, 0.15) is 5.60 Å². The topological polar surface area (TPSA) is 38.3 Å². The number of halogens is 2. The quantitative estimate of drug-likeness (QED) is 0.676. The molecule has 0 bridgehead atoms. The molecule has 0 aromatic rings. The maximum atomic E-state index is 13.4. The van der Waals surface area contributed by atoms with Crippen LogP contribution in [-0.4, -0.2) is 29.6 Å². The number of hydrogen-bond acceptors (Lipinski definition) is 3. The largest absolute Gasteiger partial charge is 0.458 e. The van der Waals surface area contributed by atoms with Crippen molar-refractivity contribution in [1.29, 1.82) is 0 Å². The standard InChI is InChI=1S/C10H15F2NO2/c1-8(2,3)15-7(14)9-6(4-5-13-9)10(9,11)12/h6,13H,4-5H2,1-3H3. The van der Waals surface area contributed by atoms with Gasteiger partial charge in [-0.05, 0) is 33.7 Å². The van der Waals surface area contributed by atoms with Gasteiger partial charge in [0.25, 0.3) is 5.92 Å². The second-order valence-corrected chi connectivity index (χ2v) is 5.20. The van der Waals surface area contributed by atoms with E-state index in [2.05, 4.69) is 5.32 Å². The molecule has 5 heteroatoms. The van der Waals surface area contributed by atoms with E-state index in [4.69, 9.17) is 4.74 Å². The fourth-order valence-corrected chi connectivity index (χ4v) is 2.24. The summed E-state index contributed by atoms with van der Waals surface area (Å²) in [6.07, 6.45) is 0.340. The molecule has 2 aliphatic rings. The van der Waals surface area contributed by atoms with E-state index in [1.165, 1.54) is 0 Å². The van der Waals surface area contributed by atoms with Gasteiger partial charge in [-0.2, -0.15) is 0 Å². The number of carbonyl (C=O) groups is 1. The molecule has 0 aromatic heterocycles. The summed E-state index contributed by atoms with van der Waals surface area (Å²) >= 11 is 0. The predicted molar refractivity (Wildman–Crippen MR) is 49.6 cm³/mol. The monoisotopic (exact) mass is 219 g/mol. The Hall–Kier alpha value is -0.710. The van der Waals surface area contributed by atoms with Crippen molar-refractivity contribution >= 4 is 5.97 Å². The van der Waals surface area contributed by atoms with Crippen LogP contribution >= 0.6 is 0 Å². The SMILES string of the molecule is CC(C)(C)OC(=O)C12NCCC1C2(F)F. The minimum Gasteiger partial charge on any atom is -0.458 e. The fourth-order valence-electron chi connectivity index (χ4n) is 2.24. The zero-order valence-electron chi connectivity index (χ0n) is 9.06. The third-order valence-corrected chi connectivity index (χ3v) is 2.96. The second-order valence-electron chi connectivity index (χ2n) is 5.20. The van der Waals surface area contributed by atoms with Gasteiger partial charge in [-0.1, -0.05) is 0 Å². The number of fused-ring (bicyclic) bond motifs is 1. The molecule has 1 aliphatic carbocycles. The summed E-state index contributed by atoms with van der Waals surface area (Å²) in [5, 5.41) is 2.60. The molecule has 3 nitrogen and oxygen atoms in total. The van der Waals surface area contributed by atoms with Crippen LogP contribution in [0.2, 0.25) is 0 Å². The number of piperidine rings is 1. The van der Waals surface area contributed by atoms with Crippen molar-refractivity contribution in [2.75, 3.05) is 6.54 Å². The lowest BCUT2D eigenvalue weighted by molar-refractivity contribution is -0.161. The molecule has 1 saturated heterocycles. The van der Waals surface area contributed by atoms with Crippen LogP contribution in [0.4, 0.5) is 8.78 Å². The molecular formula is C10H15F2NO2. The average molecular weight is 219 g/mol. The number of alkyl halides is 2. The minimum absolute atomic E-state index is 0.340. The van der Waals surface area contributed by atoms with Gasteiger partial charge in [-0.25, -0.2) is 13.6 Å².